The molecule has 180 valence electrons. The summed E-state index contributed by atoms with van der Waals surface area (Å²) in [6, 6.07) is 15.3. The topological polar surface area (TPSA) is 53.4 Å². The number of carbonyl (C=O) groups excluding carboxylic acids is 1. The minimum Gasteiger partial charge on any atom is -0.354 e. The number of likely N-dealkylation sites (N-methyl/N-ethyl adjacent to an activating group) is 1. The number of imidazole rings is 1. The molecule has 3 aromatic rings. The van der Waals surface area contributed by atoms with Gasteiger partial charge < -0.3 is 14.8 Å². The van der Waals surface area contributed by atoms with Crippen LogP contribution in [0.3, 0.4) is 0 Å². The van der Waals surface area contributed by atoms with Crippen LogP contribution in [0.15, 0.2) is 48.5 Å². The lowest BCUT2D eigenvalue weighted by Gasteiger charge is -2.33. The molecule has 3 heterocycles. The average molecular weight is 464 g/mol. The van der Waals surface area contributed by atoms with Crippen molar-refractivity contribution in [2.24, 2.45) is 5.92 Å². The number of fused-ring (bicyclic) bond motifs is 1. The fourth-order valence-corrected chi connectivity index (χ4v) is 5.53. The average Bonchev–Trinajstić information content (AvgIpc) is 3.47. The molecule has 2 fully saturated rings. The Labute approximate surface area is 200 Å². The second kappa shape index (κ2) is 10.1. The zero-order chi connectivity index (χ0) is 23.5. The second-order valence-corrected chi connectivity index (χ2v) is 9.55. The van der Waals surface area contributed by atoms with E-state index in [0.717, 1.165) is 68.1 Å². The SMILES string of the molecule is CCN1CCCC1CNC(=O)C1CCN(c2nc3ccccc3n2Cc2cccc(F)c2)CC1. The van der Waals surface area contributed by atoms with Crippen LogP contribution in [-0.4, -0.2) is 59.1 Å². The smallest absolute Gasteiger partial charge is 0.223 e. The number of halogens is 1. The molecular formula is C27H34FN5O. The maximum atomic E-state index is 13.8. The molecule has 0 spiro atoms. The van der Waals surface area contributed by atoms with E-state index in [-0.39, 0.29) is 17.6 Å². The van der Waals surface area contributed by atoms with E-state index >= 15 is 0 Å². The van der Waals surface area contributed by atoms with Crippen molar-refractivity contribution in [1.82, 2.24) is 19.8 Å². The molecule has 2 aliphatic heterocycles. The van der Waals surface area contributed by atoms with Crippen molar-refractivity contribution in [2.45, 2.75) is 45.2 Å². The first kappa shape index (κ1) is 22.8. The molecule has 2 aromatic carbocycles. The minimum atomic E-state index is -0.227. The lowest BCUT2D eigenvalue weighted by molar-refractivity contribution is -0.125. The van der Waals surface area contributed by atoms with Gasteiger partial charge in [-0.25, -0.2) is 9.37 Å². The highest BCUT2D eigenvalue weighted by molar-refractivity contribution is 5.80. The molecule has 2 aliphatic rings. The molecule has 0 bridgehead atoms. The number of para-hydroxylation sites is 2. The number of aromatic nitrogens is 2. The molecule has 0 saturated carbocycles. The van der Waals surface area contributed by atoms with E-state index in [4.69, 9.17) is 4.98 Å². The van der Waals surface area contributed by atoms with E-state index in [2.05, 4.69) is 32.7 Å². The molecule has 0 radical (unpaired) electrons. The molecule has 2 saturated heterocycles. The number of rotatable bonds is 7. The van der Waals surface area contributed by atoms with Gasteiger partial charge >= 0.3 is 0 Å². The summed E-state index contributed by atoms with van der Waals surface area (Å²) in [5.74, 6) is 0.911. The Kier molecular flexibility index (Phi) is 6.81. The molecule has 1 N–H and O–H groups in total. The number of anilines is 1. The Morgan fingerprint density at radius 3 is 2.71 bits per heavy atom. The maximum Gasteiger partial charge on any atom is 0.223 e. The molecule has 7 heteroatoms. The molecule has 34 heavy (non-hydrogen) atoms. The van der Waals surface area contributed by atoms with Gasteiger partial charge in [-0.15, -0.1) is 0 Å². The first-order chi connectivity index (χ1) is 16.6. The van der Waals surface area contributed by atoms with Gasteiger partial charge in [-0.2, -0.15) is 0 Å². The third-order valence-electron chi connectivity index (χ3n) is 7.43. The Morgan fingerprint density at radius 1 is 1.09 bits per heavy atom. The van der Waals surface area contributed by atoms with Crippen molar-refractivity contribution in [1.29, 1.82) is 0 Å². The van der Waals surface area contributed by atoms with Crippen LogP contribution in [0.5, 0.6) is 0 Å². The molecule has 1 unspecified atom stereocenters. The minimum absolute atomic E-state index is 0.0498. The summed E-state index contributed by atoms with van der Waals surface area (Å²) in [6.45, 7) is 7.28. The first-order valence-corrected chi connectivity index (χ1v) is 12.6. The van der Waals surface area contributed by atoms with E-state index in [1.807, 2.05) is 24.3 Å². The van der Waals surface area contributed by atoms with Gasteiger partial charge in [0.2, 0.25) is 11.9 Å². The molecule has 1 amide bonds. The van der Waals surface area contributed by atoms with Crippen LogP contribution in [0.25, 0.3) is 11.0 Å². The number of amides is 1. The van der Waals surface area contributed by atoms with Crippen LogP contribution >= 0.6 is 0 Å². The molecule has 6 nitrogen and oxygen atoms in total. The first-order valence-electron chi connectivity index (χ1n) is 12.6. The zero-order valence-corrected chi connectivity index (χ0v) is 19.9. The predicted octanol–water partition coefficient (Wildman–Crippen LogP) is 4.04. The lowest BCUT2D eigenvalue weighted by atomic mass is 9.96. The number of piperidine rings is 1. The number of nitrogens with one attached hydrogen (secondary N) is 1. The summed E-state index contributed by atoms with van der Waals surface area (Å²) < 4.78 is 16.0. The normalized spacial score (nSPS) is 19.7. The summed E-state index contributed by atoms with van der Waals surface area (Å²) in [7, 11) is 0. The van der Waals surface area contributed by atoms with Crippen molar-refractivity contribution in [3.63, 3.8) is 0 Å². The predicted molar refractivity (Wildman–Crippen MR) is 133 cm³/mol. The fourth-order valence-electron chi connectivity index (χ4n) is 5.53. The van der Waals surface area contributed by atoms with E-state index < -0.39 is 0 Å². The van der Waals surface area contributed by atoms with Gasteiger partial charge in [0.1, 0.15) is 5.82 Å². The van der Waals surface area contributed by atoms with Crippen LogP contribution < -0.4 is 10.2 Å². The van der Waals surface area contributed by atoms with Crippen molar-refractivity contribution in [2.75, 3.05) is 37.6 Å². The highest BCUT2D eigenvalue weighted by atomic mass is 19.1. The summed E-state index contributed by atoms with van der Waals surface area (Å²) in [5.41, 5.74) is 2.89. The quantitative estimate of drug-likeness (QED) is 0.575. The van der Waals surface area contributed by atoms with Crippen LogP contribution in [0, 0.1) is 11.7 Å². The number of likely N-dealkylation sites (tertiary alicyclic amines) is 1. The van der Waals surface area contributed by atoms with Gasteiger partial charge in [0.15, 0.2) is 0 Å². The molecule has 5 rings (SSSR count). The standard InChI is InChI=1S/C27H34FN5O/c1-2-31-14-6-9-23(31)18-29-26(34)21-12-15-32(16-13-21)27-30-24-10-3-4-11-25(24)33(27)19-20-7-5-8-22(28)17-20/h3-5,7-8,10-11,17,21,23H,2,6,9,12-16,18-19H2,1H3,(H,29,34). The summed E-state index contributed by atoms with van der Waals surface area (Å²) in [4.78, 5) is 22.5. The maximum absolute atomic E-state index is 13.8. The van der Waals surface area contributed by atoms with Crippen LogP contribution in [0.4, 0.5) is 10.3 Å². The fraction of sp³-hybridized carbons (Fsp3) is 0.481. The van der Waals surface area contributed by atoms with Crippen molar-refractivity contribution < 1.29 is 9.18 Å². The van der Waals surface area contributed by atoms with Gasteiger partial charge in [-0.3, -0.25) is 9.69 Å². The summed E-state index contributed by atoms with van der Waals surface area (Å²) in [5, 5.41) is 3.23. The lowest BCUT2D eigenvalue weighted by Crippen LogP contribution is -2.45. The monoisotopic (exact) mass is 463 g/mol. The van der Waals surface area contributed by atoms with Crippen LogP contribution in [0.1, 0.15) is 38.2 Å². The molecule has 0 aliphatic carbocycles. The van der Waals surface area contributed by atoms with Gasteiger partial charge in [0.05, 0.1) is 17.6 Å². The number of benzene rings is 2. The zero-order valence-electron chi connectivity index (χ0n) is 19.9. The van der Waals surface area contributed by atoms with Gasteiger partial charge in [-0.05, 0) is 68.6 Å². The van der Waals surface area contributed by atoms with Crippen molar-refractivity contribution in [3.8, 4) is 0 Å². The summed E-state index contributed by atoms with van der Waals surface area (Å²) in [6.07, 6.45) is 4.03. The largest absolute Gasteiger partial charge is 0.354 e. The molecule has 1 atom stereocenters. The van der Waals surface area contributed by atoms with Gasteiger partial charge in [0, 0.05) is 31.6 Å². The van der Waals surface area contributed by atoms with E-state index in [9.17, 15) is 9.18 Å². The van der Waals surface area contributed by atoms with E-state index in [0.29, 0.717) is 12.6 Å². The van der Waals surface area contributed by atoms with E-state index in [1.54, 1.807) is 12.1 Å². The van der Waals surface area contributed by atoms with Gasteiger partial charge in [0.25, 0.3) is 0 Å². The number of carbonyl (C=O) groups is 1. The second-order valence-electron chi connectivity index (χ2n) is 9.55. The highest BCUT2D eigenvalue weighted by Gasteiger charge is 2.29. The Morgan fingerprint density at radius 2 is 1.91 bits per heavy atom. The number of hydrogen-bond acceptors (Lipinski definition) is 4. The Bertz CT molecular complexity index is 1140. The number of nitrogens with zero attached hydrogens (tertiary/aromatic N) is 4. The van der Waals surface area contributed by atoms with Gasteiger partial charge in [-0.1, -0.05) is 31.2 Å². The van der Waals surface area contributed by atoms with Crippen LogP contribution in [-0.2, 0) is 11.3 Å². The van der Waals surface area contributed by atoms with Crippen molar-refractivity contribution in [3.05, 3.63) is 59.9 Å². The van der Waals surface area contributed by atoms with Crippen LogP contribution in [0.2, 0.25) is 0 Å². The molecule has 1 aromatic heterocycles. The Hall–Kier alpha value is -2.93. The summed E-state index contributed by atoms with van der Waals surface area (Å²) >= 11 is 0. The van der Waals surface area contributed by atoms with Crippen molar-refractivity contribution >= 4 is 22.9 Å². The molecular weight excluding hydrogens is 429 g/mol. The number of hydrogen-bond donors (Lipinski definition) is 1. The highest BCUT2D eigenvalue weighted by Crippen LogP contribution is 2.28. The third kappa shape index (κ3) is 4.80. The third-order valence-corrected chi connectivity index (χ3v) is 7.43. The van der Waals surface area contributed by atoms with E-state index in [1.165, 1.54) is 18.9 Å². The Balaban J connectivity index is 1.26.